The van der Waals surface area contributed by atoms with Crippen molar-refractivity contribution in [3.8, 4) is 17.1 Å². The summed E-state index contributed by atoms with van der Waals surface area (Å²) in [6.07, 6.45) is 0. The Hall–Kier alpha value is -2.97. The van der Waals surface area contributed by atoms with E-state index in [1.54, 1.807) is 7.11 Å². The molecule has 2 aliphatic rings. The molecule has 0 N–H and O–H groups in total. The number of carbonyl (C=O) groups is 1. The summed E-state index contributed by atoms with van der Waals surface area (Å²) in [6, 6.07) is 18.3. The second-order valence-corrected chi connectivity index (χ2v) is 8.39. The van der Waals surface area contributed by atoms with Gasteiger partial charge in [-0.2, -0.15) is 4.80 Å². The zero-order valence-corrected chi connectivity index (χ0v) is 19.0. The first-order valence-corrected chi connectivity index (χ1v) is 10.6. The minimum Gasteiger partial charge on any atom is -0.497 e. The molecule has 0 aliphatic carbocycles. The Labute approximate surface area is 193 Å². The number of nitrogens with zero attached hydrogens (tertiary/aromatic N) is 6. The van der Waals surface area contributed by atoms with E-state index in [2.05, 4.69) is 39.5 Å². The van der Waals surface area contributed by atoms with E-state index in [9.17, 15) is 4.79 Å². The minimum absolute atomic E-state index is 0. The van der Waals surface area contributed by atoms with Crippen molar-refractivity contribution >= 4 is 18.3 Å². The predicted molar refractivity (Wildman–Crippen MR) is 122 cm³/mol. The maximum absolute atomic E-state index is 13.0. The Bertz CT molecular complexity index is 1060. The molecule has 5 rings (SSSR count). The summed E-state index contributed by atoms with van der Waals surface area (Å²) in [4.78, 5) is 18.7. The van der Waals surface area contributed by atoms with E-state index in [1.165, 1.54) is 10.4 Å². The molecule has 2 aliphatic heterocycles. The van der Waals surface area contributed by atoms with Crippen LogP contribution in [0.4, 0.5) is 0 Å². The largest absolute Gasteiger partial charge is 0.497 e. The highest BCUT2D eigenvalue weighted by molar-refractivity contribution is 5.85. The average molecular weight is 455 g/mol. The summed E-state index contributed by atoms with van der Waals surface area (Å²) in [5.41, 5.74) is 2.16. The molecule has 0 unspecified atom stereocenters. The molecular formula is C23H27ClN6O2. The molecule has 0 spiro atoms. The van der Waals surface area contributed by atoms with Crippen LogP contribution in [0.1, 0.15) is 11.6 Å². The van der Waals surface area contributed by atoms with Gasteiger partial charge < -0.3 is 9.64 Å². The summed E-state index contributed by atoms with van der Waals surface area (Å²) < 4.78 is 5.29. The van der Waals surface area contributed by atoms with Gasteiger partial charge in [0.25, 0.3) is 0 Å². The average Bonchev–Trinajstić information content (AvgIpc) is 3.49. The summed E-state index contributed by atoms with van der Waals surface area (Å²) in [6.45, 7) is 2.64. The highest BCUT2D eigenvalue weighted by Crippen LogP contribution is 2.44. The molecule has 1 amide bonds. The van der Waals surface area contributed by atoms with Gasteiger partial charge in [0, 0.05) is 37.2 Å². The smallest absolute Gasteiger partial charge is 0.246 e. The SMILES string of the molecule is COc1ccc([C@H]2[C@@H]3CN(C(=O)Cn4nnc(-c5ccccc5)n4)C[C@@H]3CN2C)cc1.Cl. The maximum atomic E-state index is 13.0. The quantitative estimate of drug-likeness (QED) is 0.589. The van der Waals surface area contributed by atoms with Crippen LogP contribution in [0.3, 0.4) is 0 Å². The molecule has 168 valence electrons. The van der Waals surface area contributed by atoms with Crippen LogP contribution in [0.25, 0.3) is 11.4 Å². The third kappa shape index (κ3) is 4.20. The topological polar surface area (TPSA) is 76.4 Å². The monoisotopic (exact) mass is 454 g/mol. The number of rotatable bonds is 5. The van der Waals surface area contributed by atoms with Crippen molar-refractivity contribution < 1.29 is 9.53 Å². The highest BCUT2D eigenvalue weighted by Gasteiger charge is 2.47. The van der Waals surface area contributed by atoms with Gasteiger partial charge in [0.2, 0.25) is 11.7 Å². The number of tetrazole rings is 1. The van der Waals surface area contributed by atoms with Crippen molar-refractivity contribution in [2.45, 2.75) is 12.6 Å². The molecule has 3 aromatic rings. The number of likely N-dealkylation sites (tertiary alicyclic amines) is 2. The van der Waals surface area contributed by atoms with E-state index in [1.807, 2.05) is 47.4 Å². The molecular weight excluding hydrogens is 428 g/mol. The first-order chi connectivity index (χ1) is 15.1. The summed E-state index contributed by atoms with van der Waals surface area (Å²) in [5, 5.41) is 12.6. The molecule has 3 atom stereocenters. The van der Waals surface area contributed by atoms with Gasteiger partial charge in [-0.05, 0) is 35.9 Å². The third-order valence-corrected chi connectivity index (χ3v) is 6.47. The number of ether oxygens (including phenoxy) is 1. The van der Waals surface area contributed by atoms with Crippen molar-refractivity contribution in [3.05, 3.63) is 60.2 Å². The van der Waals surface area contributed by atoms with Gasteiger partial charge in [0.15, 0.2) is 0 Å². The van der Waals surface area contributed by atoms with Crippen LogP contribution in [0.5, 0.6) is 5.75 Å². The van der Waals surface area contributed by atoms with Crippen molar-refractivity contribution in [2.24, 2.45) is 11.8 Å². The normalized spacial score (nSPS) is 22.4. The van der Waals surface area contributed by atoms with Gasteiger partial charge >= 0.3 is 0 Å². The van der Waals surface area contributed by atoms with Crippen LogP contribution in [0.2, 0.25) is 0 Å². The van der Waals surface area contributed by atoms with Crippen molar-refractivity contribution in [1.82, 2.24) is 30.0 Å². The van der Waals surface area contributed by atoms with Crippen molar-refractivity contribution in [1.29, 1.82) is 0 Å². The van der Waals surface area contributed by atoms with Gasteiger partial charge in [-0.1, -0.05) is 42.5 Å². The molecule has 3 heterocycles. The molecule has 32 heavy (non-hydrogen) atoms. The van der Waals surface area contributed by atoms with Crippen LogP contribution < -0.4 is 4.74 Å². The molecule has 0 bridgehead atoms. The molecule has 1 aromatic heterocycles. The van der Waals surface area contributed by atoms with Crippen LogP contribution in [-0.2, 0) is 11.3 Å². The molecule has 9 heteroatoms. The fourth-order valence-corrected chi connectivity index (χ4v) is 5.00. The predicted octanol–water partition coefficient (Wildman–Crippen LogP) is 2.53. The molecule has 0 saturated carbocycles. The van der Waals surface area contributed by atoms with Crippen LogP contribution in [-0.4, -0.2) is 69.7 Å². The van der Waals surface area contributed by atoms with Gasteiger partial charge in [0.1, 0.15) is 12.3 Å². The minimum atomic E-state index is 0. The molecule has 2 aromatic carbocycles. The standard InChI is InChI=1S/C23H26N6O2.ClH/c1-27-12-18-13-28(14-20(18)22(27)16-8-10-19(31-2)11-9-16)21(30)15-29-25-23(24-26-29)17-6-4-3-5-7-17;/h3-11,18,20,22H,12-15H2,1-2H3;1H/t18-,20+,22-;/m0./s1. The number of fused-ring (bicyclic) bond motifs is 1. The second kappa shape index (κ2) is 9.26. The lowest BCUT2D eigenvalue weighted by Crippen LogP contribution is -2.35. The molecule has 0 radical (unpaired) electrons. The van der Waals surface area contributed by atoms with E-state index in [0.717, 1.165) is 30.9 Å². The fourth-order valence-electron chi connectivity index (χ4n) is 5.00. The summed E-state index contributed by atoms with van der Waals surface area (Å²) >= 11 is 0. The lowest BCUT2D eigenvalue weighted by Gasteiger charge is -2.27. The van der Waals surface area contributed by atoms with Gasteiger partial charge in [-0.15, -0.1) is 22.6 Å². The van der Waals surface area contributed by atoms with Crippen LogP contribution >= 0.6 is 12.4 Å². The van der Waals surface area contributed by atoms with Gasteiger partial charge in [0.05, 0.1) is 7.11 Å². The van der Waals surface area contributed by atoms with Crippen LogP contribution in [0, 0.1) is 11.8 Å². The number of halogens is 1. The summed E-state index contributed by atoms with van der Waals surface area (Å²) in [7, 11) is 3.85. The Morgan fingerprint density at radius 3 is 2.53 bits per heavy atom. The number of amides is 1. The number of hydrogen-bond acceptors (Lipinski definition) is 6. The summed E-state index contributed by atoms with van der Waals surface area (Å²) in [5.74, 6) is 2.34. The lowest BCUT2D eigenvalue weighted by molar-refractivity contribution is -0.131. The lowest BCUT2D eigenvalue weighted by atomic mass is 9.89. The highest BCUT2D eigenvalue weighted by atomic mass is 35.5. The fraction of sp³-hybridized carbons (Fsp3) is 0.391. The zero-order valence-electron chi connectivity index (χ0n) is 18.2. The molecule has 2 saturated heterocycles. The van der Waals surface area contributed by atoms with E-state index in [0.29, 0.717) is 23.7 Å². The number of methoxy groups -OCH3 is 1. The Balaban J connectivity index is 0.00000245. The van der Waals surface area contributed by atoms with Crippen LogP contribution in [0.15, 0.2) is 54.6 Å². The first kappa shape index (κ1) is 22.2. The Kier molecular flexibility index (Phi) is 6.43. The number of hydrogen-bond donors (Lipinski definition) is 0. The number of aromatic nitrogens is 4. The Morgan fingerprint density at radius 1 is 1.06 bits per heavy atom. The van der Waals surface area contributed by atoms with Gasteiger partial charge in [-0.3, -0.25) is 9.69 Å². The molecule has 8 nitrogen and oxygen atoms in total. The van der Waals surface area contributed by atoms with E-state index >= 15 is 0 Å². The third-order valence-electron chi connectivity index (χ3n) is 6.47. The van der Waals surface area contributed by atoms with Crippen molar-refractivity contribution in [3.63, 3.8) is 0 Å². The van der Waals surface area contributed by atoms with Gasteiger partial charge in [-0.25, -0.2) is 0 Å². The maximum Gasteiger partial charge on any atom is 0.246 e. The second-order valence-electron chi connectivity index (χ2n) is 8.39. The Morgan fingerprint density at radius 2 is 1.81 bits per heavy atom. The zero-order chi connectivity index (χ0) is 21.4. The first-order valence-electron chi connectivity index (χ1n) is 10.6. The van der Waals surface area contributed by atoms with E-state index in [4.69, 9.17) is 4.74 Å². The number of carbonyl (C=O) groups excluding carboxylic acids is 1. The molecule has 2 fully saturated rings. The van der Waals surface area contributed by atoms with E-state index in [-0.39, 0.29) is 24.9 Å². The van der Waals surface area contributed by atoms with E-state index < -0.39 is 0 Å². The number of benzene rings is 2. The van der Waals surface area contributed by atoms with Crippen molar-refractivity contribution in [2.75, 3.05) is 33.8 Å².